The zero-order valence-electron chi connectivity index (χ0n) is 14.7. The summed E-state index contributed by atoms with van der Waals surface area (Å²) in [7, 11) is 0. The molecule has 0 bridgehead atoms. The van der Waals surface area contributed by atoms with Crippen LogP contribution in [0.3, 0.4) is 0 Å². The fourth-order valence-corrected chi connectivity index (χ4v) is 3.23. The van der Waals surface area contributed by atoms with Crippen LogP contribution in [0.5, 0.6) is 0 Å². The van der Waals surface area contributed by atoms with E-state index in [1.807, 2.05) is 12.1 Å². The number of benzene rings is 1. The molecule has 1 aromatic heterocycles. The van der Waals surface area contributed by atoms with E-state index >= 15 is 0 Å². The van der Waals surface area contributed by atoms with Crippen LogP contribution in [0.1, 0.15) is 44.6 Å². The van der Waals surface area contributed by atoms with Crippen molar-refractivity contribution in [1.29, 1.82) is 0 Å². The fourth-order valence-electron chi connectivity index (χ4n) is 3.23. The van der Waals surface area contributed by atoms with Gasteiger partial charge in [0.15, 0.2) is 0 Å². The summed E-state index contributed by atoms with van der Waals surface area (Å²) in [5.41, 5.74) is 2.70. The zero-order valence-corrected chi connectivity index (χ0v) is 14.7. The third-order valence-electron chi connectivity index (χ3n) is 4.74. The lowest BCUT2D eigenvalue weighted by Gasteiger charge is -2.23. The van der Waals surface area contributed by atoms with Gasteiger partial charge in [-0.3, -0.25) is 4.98 Å². The van der Waals surface area contributed by atoms with Crippen LogP contribution in [-0.4, -0.2) is 4.98 Å². The van der Waals surface area contributed by atoms with E-state index in [9.17, 15) is 4.39 Å². The standard InChI is InChI=1S/C23H24FN/c1-2-3-4-18-5-7-19(8-6-18)9-10-20-11-16-23(25-17-20)21-12-14-22(24)15-13-21/h3-4,11-19H,2,5-8H2,1H3/t18-,19-. The molecular weight excluding hydrogens is 309 g/mol. The maximum Gasteiger partial charge on any atom is 0.123 e. The van der Waals surface area contributed by atoms with Gasteiger partial charge in [0.2, 0.25) is 0 Å². The number of hydrogen-bond acceptors (Lipinski definition) is 1. The minimum Gasteiger partial charge on any atom is -0.255 e. The number of aromatic nitrogens is 1. The van der Waals surface area contributed by atoms with Gasteiger partial charge in [-0.2, -0.15) is 0 Å². The molecule has 25 heavy (non-hydrogen) atoms. The van der Waals surface area contributed by atoms with Crippen molar-refractivity contribution in [3.8, 4) is 23.1 Å². The van der Waals surface area contributed by atoms with E-state index in [2.05, 4.69) is 35.9 Å². The molecule has 1 nitrogen and oxygen atoms in total. The van der Waals surface area contributed by atoms with Crippen LogP contribution in [0.25, 0.3) is 11.3 Å². The highest BCUT2D eigenvalue weighted by molar-refractivity contribution is 5.59. The number of halogens is 1. The van der Waals surface area contributed by atoms with Crippen LogP contribution in [0.4, 0.5) is 4.39 Å². The van der Waals surface area contributed by atoms with E-state index < -0.39 is 0 Å². The van der Waals surface area contributed by atoms with Gasteiger partial charge in [0.05, 0.1) is 5.69 Å². The Labute approximate surface area is 150 Å². The Morgan fingerprint density at radius 1 is 1.08 bits per heavy atom. The predicted octanol–water partition coefficient (Wildman–Crippen LogP) is 6.01. The highest BCUT2D eigenvalue weighted by atomic mass is 19.1. The number of rotatable bonds is 3. The van der Waals surface area contributed by atoms with E-state index in [1.165, 1.54) is 37.8 Å². The number of hydrogen-bond donors (Lipinski definition) is 0. The average molecular weight is 333 g/mol. The second-order valence-corrected chi connectivity index (χ2v) is 6.66. The third kappa shape index (κ3) is 5.03. The Hall–Kier alpha value is -2.40. The molecule has 1 aliphatic carbocycles. The van der Waals surface area contributed by atoms with Crippen LogP contribution in [-0.2, 0) is 0 Å². The molecule has 0 unspecified atom stereocenters. The van der Waals surface area contributed by atoms with Crippen LogP contribution in [0.15, 0.2) is 54.7 Å². The summed E-state index contributed by atoms with van der Waals surface area (Å²) in [6, 6.07) is 10.3. The Bertz CT molecular complexity index is 754. The van der Waals surface area contributed by atoms with Crippen molar-refractivity contribution in [3.05, 3.63) is 66.1 Å². The Kier molecular flexibility index (Phi) is 6.01. The Morgan fingerprint density at radius 3 is 2.48 bits per heavy atom. The molecule has 3 rings (SSSR count). The topological polar surface area (TPSA) is 12.9 Å². The number of nitrogens with zero attached hydrogens (tertiary/aromatic N) is 1. The molecule has 1 aliphatic rings. The van der Waals surface area contributed by atoms with Crippen molar-refractivity contribution in [2.24, 2.45) is 11.8 Å². The first-order valence-electron chi connectivity index (χ1n) is 9.15. The molecule has 0 aliphatic heterocycles. The van der Waals surface area contributed by atoms with E-state index in [1.54, 1.807) is 18.3 Å². The number of allylic oxidation sites excluding steroid dienone is 2. The summed E-state index contributed by atoms with van der Waals surface area (Å²) < 4.78 is 13.0. The van der Waals surface area contributed by atoms with Gasteiger partial charge in [-0.1, -0.05) is 30.9 Å². The van der Waals surface area contributed by atoms with Crippen molar-refractivity contribution in [1.82, 2.24) is 4.98 Å². The monoisotopic (exact) mass is 333 g/mol. The largest absolute Gasteiger partial charge is 0.255 e. The summed E-state index contributed by atoms with van der Waals surface area (Å²) in [5, 5.41) is 0. The van der Waals surface area contributed by atoms with Crippen molar-refractivity contribution >= 4 is 0 Å². The van der Waals surface area contributed by atoms with Gasteiger partial charge < -0.3 is 0 Å². The quantitative estimate of drug-likeness (QED) is 0.495. The van der Waals surface area contributed by atoms with Crippen LogP contribution < -0.4 is 0 Å². The van der Waals surface area contributed by atoms with Gasteiger partial charge in [0.1, 0.15) is 5.82 Å². The molecule has 128 valence electrons. The van der Waals surface area contributed by atoms with Crippen molar-refractivity contribution < 1.29 is 4.39 Å². The van der Waals surface area contributed by atoms with Crippen molar-refractivity contribution in [2.45, 2.75) is 39.0 Å². The van der Waals surface area contributed by atoms with E-state index in [4.69, 9.17) is 0 Å². The van der Waals surface area contributed by atoms with Crippen LogP contribution >= 0.6 is 0 Å². The molecule has 2 aromatic rings. The molecule has 0 spiro atoms. The first-order valence-corrected chi connectivity index (χ1v) is 9.15. The fraction of sp³-hybridized carbons (Fsp3) is 0.348. The summed E-state index contributed by atoms with van der Waals surface area (Å²) in [4.78, 5) is 4.45. The molecule has 0 atom stereocenters. The van der Waals surface area contributed by atoms with E-state index in [0.717, 1.165) is 29.2 Å². The summed E-state index contributed by atoms with van der Waals surface area (Å²) in [6.07, 6.45) is 12.5. The molecule has 0 radical (unpaired) electrons. The Morgan fingerprint density at radius 2 is 1.84 bits per heavy atom. The van der Waals surface area contributed by atoms with Crippen molar-refractivity contribution in [3.63, 3.8) is 0 Å². The minimum absolute atomic E-state index is 0.230. The van der Waals surface area contributed by atoms with Gasteiger partial charge in [0, 0.05) is 23.2 Å². The first kappa shape index (κ1) is 17.4. The number of pyridine rings is 1. The van der Waals surface area contributed by atoms with Gasteiger partial charge in [-0.05, 0) is 74.4 Å². The van der Waals surface area contributed by atoms with Gasteiger partial charge in [0.25, 0.3) is 0 Å². The second kappa shape index (κ2) is 8.62. The van der Waals surface area contributed by atoms with Gasteiger partial charge >= 0.3 is 0 Å². The summed E-state index contributed by atoms with van der Waals surface area (Å²) in [6.45, 7) is 2.18. The summed E-state index contributed by atoms with van der Waals surface area (Å²) in [5.74, 6) is 7.70. The maximum atomic E-state index is 13.0. The maximum absolute atomic E-state index is 13.0. The average Bonchev–Trinajstić information content (AvgIpc) is 2.67. The highest BCUT2D eigenvalue weighted by Crippen LogP contribution is 2.29. The summed E-state index contributed by atoms with van der Waals surface area (Å²) >= 11 is 0. The molecule has 1 saturated carbocycles. The lowest BCUT2D eigenvalue weighted by Crippen LogP contribution is -2.11. The normalized spacial score (nSPS) is 20.2. The van der Waals surface area contributed by atoms with Gasteiger partial charge in [-0.15, -0.1) is 0 Å². The van der Waals surface area contributed by atoms with E-state index in [0.29, 0.717) is 5.92 Å². The molecule has 0 N–H and O–H groups in total. The lowest BCUT2D eigenvalue weighted by molar-refractivity contribution is 0.364. The predicted molar refractivity (Wildman–Crippen MR) is 101 cm³/mol. The van der Waals surface area contributed by atoms with E-state index in [-0.39, 0.29) is 5.82 Å². The molecule has 1 aromatic carbocycles. The molecule has 2 heteroatoms. The molecule has 1 heterocycles. The smallest absolute Gasteiger partial charge is 0.123 e. The molecule has 0 amide bonds. The Balaban J connectivity index is 1.58. The van der Waals surface area contributed by atoms with Crippen LogP contribution in [0, 0.1) is 29.5 Å². The zero-order chi connectivity index (χ0) is 17.5. The van der Waals surface area contributed by atoms with Gasteiger partial charge in [-0.25, -0.2) is 4.39 Å². The highest BCUT2D eigenvalue weighted by Gasteiger charge is 2.17. The molecular formula is C23H24FN. The lowest BCUT2D eigenvalue weighted by atomic mass is 9.82. The molecule has 1 fully saturated rings. The third-order valence-corrected chi connectivity index (χ3v) is 4.74. The second-order valence-electron chi connectivity index (χ2n) is 6.66. The van der Waals surface area contributed by atoms with Crippen LogP contribution in [0.2, 0.25) is 0 Å². The first-order chi connectivity index (χ1) is 12.2. The SMILES string of the molecule is CCC=C[C@H]1CC[C@H](C#Cc2ccc(-c3ccc(F)cc3)nc2)CC1. The molecule has 0 saturated heterocycles. The minimum atomic E-state index is -0.230. The van der Waals surface area contributed by atoms with Crippen molar-refractivity contribution in [2.75, 3.05) is 0 Å².